The van der Waals surface area contributed by atoms with E-state index in [0.717, 1.165) is 10.0 Å². The summed E-state index contributed by atoms with van der Waals surface area (Å²) in [6.45, 7) is 2.28. The van der Waals surface area contributed by atoms with E-state index in [9.17, 15) is 18.0 Å². The quantitative estimate of drug-likeness (QED) is 0.276. The predicted octanol–water partition coefficient (Wildman–Crippen LogP) is 5.13. The molecule has 0 saturated carbocycles. The van der Waals surface area contributed by atoms with Crippen molar-refractivity contribution in [3.8, 4) is 0 Å². The Labute approximate surface area is 267 Å². The third-order valence-corrected chi connectivity index (χ3v) is 10.5. The highest BCUT2D eigenvalue weighted by Crippen LogP contribution is 2.45. The van der Waals surface area contributed by atoms with Crippen molar-refractivity contribution < 1.29 is 18.0 Å². The number of aromatic nitrogens is 3. The van der Waals surface area contributed by atoms with Gasteiger partial charge >= 0.3 is 0 Å². The molecule has 0 bridgehead atoms. The van der Waals surface area contributed by atoms with Crippen molar-refractivity contribution in [3.63, 3.8) is 0 Å². The lowest BCUT2D eigenvalue weighted by atomic mass is 9.92. The molecule has 2 aromatic heterocycles. The van der Waals surface area contributed by atoms with Crippen LogP contribution in [-0.4, -0.2) is 70.2 Å². The molecule has 2 aromatic carbocycles. The average molecular weight is 704 g/mol. The first-order valence-electron chi connectivity index (χ1n) is 13.3. The summed E-state index contributed by atoms with van der Waals surface area (Å²) in [7, 11) is -4.13. The number of amides is 2. The van der Waals surface area contributed by atoms with E-state index < -0.39 is 15.6 Å². The second-order valence-corrected chi connectivity index (χ2v) is 14.2. The van der Waals surface area contributed by atoms with Crippen molar-refractivity contribution >= 4 is 72.6 Å². The van der Waals surface area contributed by atoms with Gasteiger partial charge in [-0.15, -0.1) is 0 Å². The van der Waals surface area contributed by atoms with Gasteiger partial charge in [0.15, 0.2) is 5.03 Å². The van der Waals surface area contributed by atoms with Crippen molar-refractivity contribution in [2.45, 2.75) is 23.9 Å². The molecule has 10 nitrogen and oxygen atoms in total. The fourth-order valence-corrected chi connectivity index (χ4v) is 7.94. The largest absolute Gasteiger partial charge is 0.336 e. The highest BCUT2D eigenvalue weighted by molar-refractivity contribution is 9.10. The van der Waals surface area contributed by atoms with Crippen LogP contribution < -0.4 is 4.90 Å². The van der Waals surface area contributed by atoms with Crippen LogP contribution in [0.5, 0.6) is 0 Å². The number of benzene rings is 2. The van der Waals surface area contributed by atoms with Gasteiger partial charge in [0, 0.05) is 59.5 Å². The number of fused-ring (bicyclic) bond motifs is 1. The number of hydrogen-bond acceptors (Lipinski definition) is 6. The smallest absolute Gasteiger partial charge is 0.260 e. The first kappa shape index (κ1) is 29.8. The molecular weight excluding hydrogens is 679 g/mol. The summed E-state index contributed by atoms with van der Waals surface area (Å²) in [4.78, 5) is 38.6. The van der Waals surface area contributed by atoms with Crippen LogP contribution in [-0.2, 0) is 26.8 Å². The molecule has 222 valence electrons. The highest BCUT2D eigenvalue weighted by Gasteiger charge is 2.52. The Morgan fingerprint density at radius 3 is 2.30 bits per heavy atom. The zero-order valence-corrected chi connectivity index (χ0v) is 26.7. The van der Waals surface area contributed by atoms with Crippen molar-refractivity contribution in [2.75, 3.05) is 31.1 Å². The fourth-order valence-electron chi connectivity index (χ4n) is 5.55. The summed E-state index contributed by atoms with van der Waals surface area (Å²) in [6.07, 6.45) is 4.55. The van der Waals surface area contributed by atoms with Crippen LogP contribution >= 0.6 is 39.1 Å². The number of hydrogen-bond donors (Lipinski definition) is 0. The molecule has 14 heteroatoms. The van der Waals surface area contributed by atoms with Gasteiger partial charge in [0.1, 0.15) is 5.54 Å². The van der Waals surface area contributed by atoms with Crippen LogP contribution in [0.4, 0.5) is 11.6 Å². The molecule has 6 rings (SSSR count). The number of carbonyl (C=O) groups is 2. The molecule has 1 unspecified atom stereocenters. The topological polar surface area (TPSA) is 109 Å². The maximum absolute atomic E-state index is 14.3. The Balaban J connectivity index is 1.37. The number of anilines is 2. The van der Waals surface area contributed by atoms with Crippen LogP contribution in [0, 0.1) is 0 Å². The van der Waals surface area contributed by atoms with E-state index in [-0.39, 0.29) is 55.4 Å². The second-order valence-electron chi connectivity index (χ2n) is 10.5. The minimum atomic E-state index is -4.13. The number of imidazole rings is 1. The zero-order chi connectivity index (χ0) is 30.5. The minimum absolute atomic E-state index is 0.0832. The number of sulfonamides is 1. The normalized spacial score (nSPS) is 19.1. The zero-order valence-electron chi connectivity index (χ0n) is 22.8. The third-order valence-electron chi connectivity index (χ3n) is 7.67. The van der Waals surface area contributed by atoms with Crippen LogP contribution in [0.25, 0.3) is 0 Å². The molecule has 1 saturated heterocycles. The Morgan fingerprint density at radius 2 is 1.67 bits per heavy atom. The summed E-state index contributed by atoms with van der Waals surface area (Å²) < 4.78 is 32.0. The van der Waals surface area contributed by atoms with Gasteiger partial charge in [-0.3, -0.25) is 19.1 Å². The summed E-state index contributed by atoms with van der Waals surface area (Å²) >= 11 is 16.0. The molecule has 1 atom stereocenters. The van der Waals surface area contributed by atoms with Crippen LogP contribution in [0.15, 0.2) is 82.7 Å². The van der Waals surface area contributed by atoms with Gasteiger partial charge < -0.3 is 4.90 Å². The van der Waals surface area contributed by atoms with Gasteiger partial charge in [-0.2, -0.15) is 4.31 Å². The lowest BCUT2D eigenvalue weighted by Gasteiger charge is -2.34. The van der Waals surface area contributed by atoms with E-state index in [2.05, 4.69) is 25.9 Å². The Kier molecular flexibility index (Phi) is 7.84. The van der Waals surface area contributed by atoms with Gasteiger partial charge in [-0.05, 0) is 55.0 Å². The van der Waals surface area contributed by atoms with Crippen molar-refractivity contribution in [1.29, 1.82) is 0 Å². The van der Waals surface area contributed by atoms with Crippen molar-refractivity contribution in [1.82, 2.24) is 23.7 Å². The molecular formula is C29H25BrCl2N6O4S. The molecule has 1 fully saturated rings. The molecule has 0 aliphatic carbocycles. The number of pyridine rings is 1. The number of carbonyl (C=O) groups excluding carboxylic acids is 2. The Morgan fingerprint density at radius 1 is 1.00 bits per heavy atom. The first-order chi connectivity index (χ1) is 20.5. The number of nitrogens with zero attached hydrogens (tertiary/aromatic N) is 6. The molecule has 2 aliphatic heterocycles. The molecule has 0 N–H and O–H groups in total. The SMILES string of the molecule is CC1(Cc2ccc(Br)cc2)C(=O)N(c2cc(Cl)cc(Cl)c2)c2ncc(S(=O)(=O)N3CCN(C(=O)c4cccnc4)CC3)n21. The number of halogens is 3. The second kappa shape index (κ2) is 11.3. The van der Waals surface area contributed by atoms with Crippen molar-refractivity contribution in [2.24, 2.45) is 0 Å². The van der Waals surface area contributed by atoms with Crippen LogP contribution in [0.3, 0.4) is 0 Å². The van der Waals surface area contributed by atoms with Gasteiger partial charge in [-0.25, -0.2) is 18.3 Å². The van der Waals surface area contributed by atoms with E-state index in [1.54, 1.807) is 48.4 Å². The molecule has 0 spiro atoms. The average Bonchev–Trinajstić information content (AvgIpc) is 3.52. The molecule has 0 radical (unpaired) electrons. The minimum Gasteiger partial charge on any atom is -0.336 e. The van der Waals surface area contributed by atoms with Crippen LogP contribution in [0.2, 0.25) is 10.0 Å². The molecule has 4 heterocycles. The maximum atomic E-state index is 14.3. The van der Waals surface area contributed by atoms with Crippen molar-refractivity contribution in [3.05, 3.63) is 98.8 Å². The maximum Gasteiger partial charge on any atom is 0.260 e. The third kappa shape index (κ3) is 5.35. The monoisotopic (exact) mass is 702 g/mol. The van der Waals surface area contributed by atoms with E-state index in [1.807, 2.05) is 24.3 Å². The summed E-state index contributed by atoms with van der Waals surface area (Å²) in [5, 5.41) is 0.529. The lowest BCUT2D eigenvalue weighted by molar-refractivity contribution is -0.124. The molecule has 43 heavy (non-hydrogen) atoms. The van der Waals surface area contributed by atoms with Crippen LogP contribution in [0.1, 0.15) is 22.8 Å². The Hall–Kier alpha value is -3.29. The highest BCUT2D eigenvalue weighted by atomic mass is 79.9. The molecule has 4 aromatic rings. The molecule has 2 amide bonds. The van der Waals surface area contributed by atoms with E-state index in [1.165, 1.54) is 26.2 Å². The van der Waals surface area contributed by atoms with E-state index in [0.29, 0.717) is 21.3 Å². The predicted molar refractivity (Wildman–Crippen MR) is 166 cm³/mol. The lowest BCUT2D eigenvalue weighted by Crippen LogP contribution is -2.51. The summed E-state index contributed by atoms with van der Waals surface area (Å²) in [5.41, 5.74) is 0.293. The Bertz CT molecular complexity index is 1810. The standard InChI is InChI=1S/C29H25BrCl2N6O4S/c1-29(16-19-4-6-21(30)7-5-19)27(40)37(24-14-22(31)13-23(32)15-24)28-34-18-25(38(28)29)43(41,42)36-11-9-35(10-12-36)26(39)20-3-2-8-33-17-20/h2-8,13-15,17-18H,9-12,16H2,1H3. The fraction of sp³-hybridized carbons (Fsp3) is 0.241. The summed E-state index contributed by atoms with van der Waals surface area (Å²) in [5.74, 6) is -0.439. The van der Waals surface area contributed by atoms with E-state index >= 15 is 0 Å². The summed E-state index contributed by atoms with van der Waals surface area (Å²) in [6, 6.07) is 15.6. The van der Waals surface area contributed by atoms with Gasteiger partial charge in [0.25, 0.3) is 21.8 Å². The molecule has 2 aliphatic rings. The van der Waals surface area contributed by atoms with Gasteiger partial charge in [0.2, 0.25) is 5.95 Å². The number of piperazine rings is 1. The van der Waals surface area contributed by atoms with Gasteiger partial charge in [0.05, 0.1) is 17.4 Å². The van der Waals surface area contributed by atoms with E-state index in [4.69, 9.17) is 23.2 Å². The number of rotatable bonds is 6. The first-order valence-corrected chi connectivity index (χ1v) is 16.3. The van der Waals surface area contributed by atoms with Gasteiger partial charge in [-0.1, -0.05) is 51.3 Å².